The molecule has 3 N–H and O–H groups in total. The molecule has 7 heteroatoms. The Hall–Kier alpha value is -2.83. The molecule has 0 radical (unpaired) electrons. The van der Waals surface area contributed by atoms with Crippen molar-refractivity contribution in [2.45, 2.75) is 0 Å². The Bertz CT molecular complexity index is 730. The Balaban J connectivity index is 2.32. The lowest BCUT2D eigenvalue weighted by atomic mass is 10.2. The van der Waals surface area contributed by atoms with Crippen molar-refractivity contribution in [1.82, 2.24) is 9.97 Å². The summed E-state index contributed by atoms with van der Waals surface area (Å²) >= 11 is 0. The second-order valence-electron chi connectivity index (χ2n) is 3.64. The van der Waals surface area contributed by atoms with E-state index >= 15 is 0 Å². The monoisotopic (exact) mass is 261 g/mol. The Morgan fingerprint density at radius 3 is 2.79 bits per heavy atom. The van der Waals surface area contributed by atoms with E-state index in [0.29, 0.717) is 11.3 Å². The van der Waals surface area contributed by atoms with Crippen molar-refractivity contribution in [2.24, 2.45) is 4.99 Å². The number of nitrogens with one attached hydrogen (secondary N) is 2. The number of aromatic hydroxyl groups is 1. The number of H-pyrrole nitrogens is 2. The second-order valence-corrected chi connectivity index (χ2v) is 3.64. The number of nitrogens with zero attached hydrogens (tertiary/aromatic N) is 1. The number of aliphatic imine (C=N–C) groups is 1. The van der Waals surface area contributed by atoms with Crippen molar-refractivity contribution in [2.75, 3.05) is 7.11 Å². The SMILES string of the molecule is COc1ccc(C=Nc2c[nH]c(=O)[nH]c2=O)c(O)c1. The molecule has 0 aliphatic heterocycles. The van der Waals surface area contributed by atoms with E-state index < -0.39 is 11.2 Å². The maximum atomic E-state index is 11.4. The number of hydrogen-bond acceptors (Lipinski definition) is 5. The van der Waals surface area contributed by atoms with Gasteiger partial charge in [0.05, 0.1) is 7.11 Å². The van der Waals surface area contributed by atoms with Gasteiger partial charge < -0.3 is 14.8 Å². The third-order valence-electron chi connectivity index (χ3n) is 2.38. The zero-order valence-electron chi connectivity index (χ0n) is 10.0. The molecule has 0 atom stereocenters. The summed E-state index contributed by atoms with van der Waals surface area (Å²) in [4.78, 5) is 30.4. The zero-order chi connectivity index (χ0) is 13.8. The van der Waals surface area contributed by atoms with Gasteiger partial charge in [0, 0.05) is 24.0 Å². The molecule has 0 unspecified atom stereocenters. The molecule has 0 saturated carbocycles. The van der Waals surface area contributed by atoms with Crippen LogP contribution in [0.5, 0.6) is 11.5 Å². The average molecular weight is 261 g/mol. The van der Waals surface area contributed by atoms with E-state index in [0.717, 1.165) is 0 Å². The number of phenols is 1. The van der Waals surface area contributed by atoms with E-state index in [1.54, 1.807) is 12.1 Å². The number of methoxy groups -OCH3 is 1. The molecule has 2 rings (SSSR count). The maximum Gasteiger partial charge on any atom is 0.325 e. The van der Waals surface area contributed by atoms with Gasteiger partial charge >= 0.3 is 5.69 Å². The fourth-order valence-corrected chi connectivity index (χ4v) is 1.40. The number of aromatic amines is 2. The molecule has 0 bridgehead atoms. The molecular weight excluding hydrogens is 250 g/mol. The first-order chi connectivity index (χ1) is 9.10. The van der Waals surface area contributed by atoms with Gasteiger partial charge in [0.1, 0.15) is 17.2 Å². The van der Waals surface area contributed by atoms with Crippen LogP contribution in [0.2, 0.25) is 0 Å². The van der Waals surface area contributed by atoms with Gasteiger partial charge in [0.2, 0.25) is 0 Å². The van der Waals surface area contributed by atoms with Gasteiger partial charge in [0.15, 0.2) is 0 Å². The second kappa shape index (κ2) is 5.21. The van der Waals surface area contributed by atoms with Crippen LogP contribution in [0, 0.1) is 0 Å². The molecule has 98 valence electrons. The molecule has 1 aromatic heterocycles. The number of benzene rings is 1. The molecule has 0 aliphatic carbocycles. The van der Waals surface area contributed by atoms with Crippen molar-refractivity contribution >= 4 is 11.9 Å². The Morgan fingerprint density at radius 1 is 1.37 bits per heavy atom. The standard InChI is InChI=1S/C12H11N3O4/c1-19-8-3-2-7(10(16)4-8)5-13-9-6-14-12(18)15-11(9)17/h2-6,16H,1H3,(H2,14,15,17,18). The third kappa shape index (κ3) is 2.89. The van der Waals surface area contributed by atoms with Crippen LogP contribution in [0.1, 0.15) is 5.56 Å². The van der Waals surface area contributed by atoms with Gasteiger partial charge in [-0.2, -0.15) is 0 Å². The van der Waals surface area contributed by atoms with E-state index in [1.807, 2.05) is 4.98 Å². The average Bonchev–Trinajstić information content (AvgIpc) is 2.39. The summed E-state index contributed by atoms with van der Waals surface area (Å²) in [5.74, 6) is 0.487. The highest BCUT2D eigenvalue weighted by molar-refractivity contribution is 5.85. The summed E-state index contributed by atoms with van der Waals surface area (Å²) in [6.07, 6.45) is 2.51. The Morgan fingerprint density at radius 2 is 2.16 bits per heavy atom. The predicted molar refractivity (Wildman–Crippen MR) is 69.6 cm³/mol. The first-order valence-corrected chi connectivity index (χ1v) is 5.33. The molecule has 19 heavy (non-hydrogen) atoms. The maximum absolute atomic E-state index is 11.4. The van der Waals surface area contributed by atoms with E-state index in [9.17, 15) is 14.7 Å². The molecule has 0 aliphatic rings. The van der Waals surface area contributed by atoms with E-state index in [4.69, 9.17) is 4.74 Å². The van der Waals surface area contributed by atoms with Crippen LogP contribution in [0.3, 0.4) is 0 Å². The lowest BCUT2D eigenvalue weighted by molar-refractivity contribution is 0.407. The van der Waals surface area contributed by atoms with Crippen LogP contribution >= 0.6 is 0 Å². The summed E-state index contributed by atoms with van der Waals surface area (Å²) in [7, 11) is 1.49. The molecule has 1 heterocycles. The van der Waals surface area contributed by atoms with Crippen molar-refractivity contribution < 1.29 is 9.84 Å². The van der Waals surface area contributed by atoms with Crippen LogP contribution < -0.4 is 16.0 Å². The van der Waals surface area contributed by atoms with Crippen molar-refractivity contribution in [3.63, 3.8) is 0 Å². The predicted octanol–water partition coefficient (Wildman–Crippen LogP) is 0.528. The van der Waals surface area contributed by atoms with Crippen LogP contribution in [0.25, 0.3) is 0 Å². The smallest absolute Gasteiger partial charge is 0.325 e. The van der Waals surface area contributed by atoms with Crippen molar-refractivity contribution in [1.29, 1.82) is 0 Å². The highest BCUT2D eigenvalue weighted by Gasteiger charge is 2.01. The highest BCUT2D eigenvalue weighted by Crippen LogP contribution is 2.22. The van der Waals surface area contributed by atoms with Gasteiger partial charge in [-0.05, 0) is 12.1 Å². The first-order valence-electron chi connectivity index (χ1n) is 5.33. The van der Waals surface area contributed by atoms with Gasteiger partial charge in [-0.3, -0.25) is 9.78 Å². The lowest BCUT2D eigenvalue weighted by Crippen LogP contribution is -2.20. The minimum Gasteiger partial charge on any atom is -0.507 e. The molecule has 1 aromatic carbocycles. The summed E-state index contributed by atoms with van der Waals surface area (Å²) in [6.45, 7) is 0. The minimum absolute atomic E-state index is 0.0241. The van der Waals surface area contributed by atoms with Crippen molar-refractivity contribution in [3.05, 3.63) is 50.8 Å². The van der Waals surface area contributed by atoms with E-state index in [-0.39, 0.29) is 11.4 Å². The lowest BCUT2D eigenvalue weighted by Gasteiger charge is -2.02. The Kier molecular flexibility index (Phi) is 3.46. The number of hydrogen-bond donors (Lipinski definition) is 3. The highest BCUT2D eigenvalue weighted by atomic mass is 16.5. The number of rotatable bonds is 3. The molecule has 0 fully saturated rings. The molecule has 7 nitrogen and oxygen atoms in total. The quantitative estimate of drug-likeness (QED) is 0.700. The van der Waals surface area contributed by atoms with Gasteiger partial charge in [0.25, 0.3) is 5.56 Å². The van der Waals surface area contributed by atoms with Gasteiger partial charge in [-0.15, -0.1) is 0 Å². The van der Waals surface area contributed by atoms with E-state index in [2.05, 4.69) is 9.98 Å². The van der Waals surface area contributed by atoms with Crippen molar-refractivity contribution in [3.8, 4) is 11.5 Å². The molecule has 0 spiro atoms. The minimum atomic E-state index is -0.604. The van der Waals surface area contributed by atoms with Gasteiger partial charge in [-0.1, -0.05) is 0 Å². The molecule has 0 saturated heterocycles. The van der Waals surface area contributed by atoms with Crippen LogP contribution in [-0.2, 0) is 0 Å². The summed E-state index contributed by atoms with van der Waals surface area (Å²) < 4.78 is 4.95. The molecule has 2 aromatic rings. The number of phenolic OH excluding ortho intramolecular Hbond substituents is 1. The first kappa shape index (κ1) is 12.6. The number of aromatic nitrogens is 2. The summed E-state index contributed by atoms with van der Waals surface area (Å²) in [6, 6.07) is 4.67. The van der Waals surface area contributed by atoms with Crippen LogP contribution in [0.15, 0.2) is 39.0 Å². The van der Waals surface area contributed by atoms with Crippen LogP contribution in [0.4, 0.5) is 5.69 Å². The number of ether oxygens (including phenoxy) is 1. The topological polar surface area (TPSA) is 108 Å². The van der Waals surface area contributed by atoms with E-state index in [1.165, 1.54) is 25.6 Å². The summed E-state index contributed by atoms with van der Waals surface area (Å²) in [5.41, 5.74) is -0.745. The molecular formula is C12H11N3O4. The van der Waals surface area contributed by atoms with Crippen LogP contribution in [-0.4, -0.2) is 28.4 Å². The zero-order valence-corrected chi connectivity index (χ0v) is 10.0. The van der Waals surface area contributed by atoms with Gasteiger partial charge in [-0.25, -0.2) is 9.79 Å². The fourth-order valence-electron chi connectivity index (χ4n) is 1.40. The largest absolute Gasteiger partial charge is 0.507 e. The normalized spacial score (nSPS) is 10.8. The fraction of sp³-hybridized carbons (Fsp3) is 0.0833. The third-order valence-corrected chi connectivity index (χ3v) is 2.38. The molecule has 0 amide bonds. The summed E-state index contributed by atoms with van der Waals surface area (Å²) in [5, 5.41) is 9.70. The Labute approximate surface area is 107 Å².